The van der Waals surface area contributed by atoms with Crippen LogP contribution in [0.3, 0.4) is 0 Å². The van der Waals surface area contributed by atoms with E-state index < -0.39 is 0 Å². The summed E-state index contributed by atoms with van der Waals surface area (Å²) in [7, 11) is 0. The van der Waals surface area contributed by atoms with Crippen molar-refractivity contribution in [3.63, 3.8) is 0 Å². The third-order valence-corrected chi connectivity index (χ3v) is 3.32. The summed E-state index contributed by atoms with van der Waals surface area (Å²) < 4.78 is 0. The van der Waals surface area contributed by atoms with E-state index in [1.807, 2.05) is 6.21 Å². The van der Waals surface area contributed by atoms with E-state index in [1.165, 1.54) is 35.1 Å². The van der Waals surface area contributed by atoms with Gasteiger partial charge < -0.3 is 0 Å². The summed E-state index contributed by atoms with van der Waals surface area (Å²) in [5.41, 5.74) is 5.39. The summed E-state index contributed by atoms with van der Waals surface area (Å²) in [5, 5.41) is 0. The van der Waals surface area contributed by atoms with Gasteiger partial charge in [0.05, 0.1) is 0 Å². The van der Waals surface area contributed by atoms with Crippen LogP contribution in [0.1, 0.15) is 44.2 Å². The average Bonchev–Trinajstić information content (AvgIpc) is 2.81. The molecule has 0 spiro atoms. The van der Waals surface area contributed by atoms with E-state index in [9.17, 15) is 0 Å². The van der Waals surface area contributed by atoms with E-state index >= 15 is 0 Å². The predicted molar refractivity (Wildman–Crippen MR) is 80.2 cm³/mol. The quantitative estimate of drug-likeness (QED) is 0.524. The Morgan fingerprint density at radius 3 is 2.83 bits per heavy atom. The molecule has 18 heavy (non-hydrogen) atoms. The van der Waals surface area contributed by atoms with Crippen molar-refractivity contribution < 1.29 is 0 Å². The standard InChI is InChI=1S/C17H21N/c1-3-4-12-18-13-15-9-5-6-10-17(15)16-11-7-8-14(16)2/h5-10,13H,3-4,11-12H2,1-2H3/b18-13+. The first-order valence-electron chi connectivity index (χ1n) is 6.78. The van der Waals surface area contributed by atoms with E-state index in [0.29, 0.717) is 0 Å². The van der Waals surface area contributed by atoms with Gasteiger partial charge in [-0.25, -0.2) is 0 Å². The van der Waals surface area contributed by atoms with Gasteiger partial charge in [0.2, 0.25) is 0 Å². The number of hydrogen-bond acceptors (Lipinski definition) is 1. The number of hydrogen-bond donors (Lipinski definition) is 0. The highest BCUT2D eigenvalue weighted by Gasteiger charge is 2.10. The van der Waals surface area contributed by atoms with E-state index in [0.717, 1.165) is 13.0 Å². The first kappa shape index (κ1) is 12.8. The molecule has 0 fully saturated rings. The minimum Gasteiger partial charge on any atom is -0.293 e. The zero-order valence-corrected chi connectivity index (χ0v) is 11.3. The molecule has 1 aliphatic carbocycles. The molecule has 1 nitrogen and oxygen atoms in total. The summed E-state index contributed by atoms with van der Waals surface area (Å²) in [4.78, 5) is 4.52. The van der Waals surface area contributed by atoms with Gasteiger partial charge in [0.15, 0.2) is 0 Å². The molecule has 1 aromatic carbocycles. The monoisotopic (exact) mass is 239 g/mol. The largest absolute Gasteiger partial charge is 0.293 e. The van der Waals surface area contributed by atoms with Crippen LogP contribution in [-0.2, 0) is 0 Å². The smallest absolute Gasteiger partial charge is 0.0389 e. The molecule has 1 aromatic rings. The molecule has 0 atom stereocenters. The van der Waals surface area contributed by atoms with Gasteiger partial charge in [0.1, 0.15) is 0 Å². The van der Waals surface area contributed by atoms with Crippen LogP contribution in [0.2, 0.25) is 0 Å². The molecule has 0 saturated heterocycles. The second-order valence-corrected chi connectivity index (χ2v) is 4.74. The molecular weight excluding hydrogens is 218 g/mol. The zero-order chi connectivity index (χ0) is 12.8. The number of unbranched alkanes of at least 4 members (excludes halogenated alkanes) is 1. The van der Waals surface area contributed by atoms with Gasteiger partial charge in [0, 0.05) is 12.8 Å². The number of aliphatic imine (C=N–C) groups is 1. The van der Waals surface area contributed by atoms with E-state index in [1.54, 1.807) is 0 Å². The van der Waals surface area contributed by atoms with Gasteiger partial charge in [-0.1, -0.05) is 49.8 Å². The maximum Gasteiger partial charge on any atom is 0.0389 e. The Bertz CT molecular complexity index is 492. The summed E-state index contributed by atoms with van der Waals surface area (Å²) in [6.45, 7) is 5.31. The van der Waals surface area contributed by atoms with Crippen LogP contribution in [0.4, 0.5) is 0 Å². The molecule has 1 aliphatic rings. The second-order valence-electron chi connectivity index (χ2n) is 4.74. The summed E-state index contributed by atoms with van der Waals surface area (Å²) in [5.74, 6) is 0. The van der Waals surface area contributed by atoms with Gasteiger partial charge in [-0.15, -0.1) is 0 Å². The van der Waals surface area contributed by atoms with Crippen LogP contribution in [-0.4, -0.2) is 12.8 Å². The number of allylic oxidation sites excluding steroid dienone is 4. The van der Waals surface area contributed by atoms with Crippen LogP contribution >= 0.6 is 0 Å². The molecule has 2 rings (SSSR count). The Morgan fingerprint density at radius 1 is 1.28 bits per heavy atom. The van der Waals surface area contributed by atoms with Crippen molar-refractivity contribution >= 4 is 11.8 Å². The lowest BCUT2D eigenvalue weighted by atomic mass is 9.97. The Labute approximate surface area is 110 Å². The maximum absolute atomic E-state index is 4.52. The average molecular weight is 239 g/mol. The molecule has 1 heteroatoms. The number of rotatable bonds is 5. The third-order valence-electron chi connectivity index (χ3n) is 3.32. The van der Waals surface area contributed by atoms with Crippen molar-refractivity contribution in [3.8, 4) is 0 Å². The molecule has 0 aromatic heterocycles. The van der Waals surface area contributed by atoms with Gasteiger partial charge in [0.25, 0.3) is 0 Å². The fraction of sp³-hybridized carbons (Fsp3) is 0.353. The van der Waals surface area contributed by atoms with Crippen molar-refractivity contribution in [2.24, 2.45) is 4.99 Å². The molecule has 0 radical (unpaired) electrons. The van der Waals surface area contributed by atoms with Crippen LogP contribution in [0.25, 0.3) is 5.57 Å². The molecule has 0 unspecified atom stereocenters. The Morgan fingerprint density at radius 2 is 2.11 bits per heavy atom. The van der Waals surface area contributed by atoms with Crippen molar-refractivity contribution in [2.45, 2.75) is 33.1 Å². The molecule has 0 N–H and O–H groups in total. The highest BCUT2D eigenvalue weighted by molar-refractivity contribution is 5.90. The summed E-state index contributed by atoms with van der Waals surface area (Å²) in [6, 6.07) is 8.55. The Kier molecular flexibility index (Phi) is 4.52. The van der Waals surface area contributed by atoms with Gasteiger partial charge in [-0.2, -0.15) is 0 Å². The minimum absolute atomic E-state index is 0.932. The third kappa shape index (κ3) is 2.98. The lowest BCUT2D eigenvalue weighted by molar-refractivity contribution is 0.810. The zero-order valence-electron chi connectivity index (χ0n) is 11.3. The van der Waals surface area contributed by atoms with E-state index in [4.69, 9.17) is 0 Å². The highest BCUT2D eigenvalue weighted by atomic mass is 14.7. The Hall–Kier alpha value is -1.63. The lowest BCUT2D eigenvalue weighted by Crippen LogP contribution is -1.93. The molecule has 0 saturated carbocycles. The van der Waals surface area contributed by atoms with Crippen molar-refractivity contribution in [1.82, 2.24) is 0 Å². The van der Waals surface area contributed by atoms with Crippen LogP contribution in [0, 0.1) is 0 Å². The Balaban J connectivity index is 2.21. The van der Waals surface area contributed by atoms with Crippen molar-refractivity contribution in [1.29, 1.82) is 0 Å². The van der Waals surface area contributed by atoms with Crippen LogP contribution in [0.5, 0.6) is 0 Å². The highest BCUT2D eigenvalue weighted by Crippen LogP contribution is 2.30. The van der Waals surface area contributed by atoms with Gasteiger partial charge >= 0.3 is 0 Å². The van der Waals surface area contributed by atoms with Crippen molar-refractivity contribution in [3.05, 3.63) is 53.1 Å². The van der Waals surface area contributed by atoms with E-state index in [-0.39, 0.29) is 0 Å². The second kappa shape index (κ2) is 6.34. The first-order valence-corrected chi connectivity index (χ1v) is 6.78. The fourth-order valence-corrected chi connectivity index (χ4v) is 2.23. The van der Waals surface area contributed by atoms with Crippen LogP contribution < -0.4 is 0 Å². The number of nitrogens with zero attached hydrogens (tertiary/aromatic N) is 1. The fourth-order valence-electron chi connectivity index (χ4n) is 2.23. The molecule has 0 amide bonds. The molecular formula is C17H21N. The van der Waals surface area contributed by atoms with Crippen LogP contribution in [0.15, 0.2) is 47.0 Å². The predicted octanol–water partition coefficient (Wildman–Crippen LogP) is 4.64. The normalized spacial score (nSPS) is 15.0. The van der Waals surface area contributed by atoms with Gasteiger partial charge in [-0.3, -0.25) is 4.99 Å². The van der Waals surface area contributed by atoms with Gasteiger partial charge in [-0.05, 0) is 42.0 Å². The van der Waals surface area contributed by atoms with Crippen molar-refractivity contribution in [2.75, 3.05) is 6.54 Å². The maximum atomic E-state index is 4.52. The molecule has 0 bridgehead atoms. The molecule has 0 heterocycles. The lowest BCUT2D eigenvalue weighted by Gasteiger charge is -2.08. The first-order chi connectivity index (χ1) is 8.83. The van der Waals surface area contributed by atoms with E-state index in [2.05, 4.69) is 55.3 Å². The summed E-state index contributed by atoms with van der Waals surface area (Å²) >= 11 is 0. The molecule has 94 valence electrons. The minimum atomic E-state index is 0.932. The molecule has 0 aliphatic heterocycles. The number of benzene rings is 1. The SMILES string of the molecule is CCCC/N=C/c1ccccc1C1=C(C)C=CC1. The topological polar surface area (TPSA) is 12.4 Å². The summed E-state index contributed by atoms with van der Waals surface area (Å²) in [6.07, 6.45) is 9.89.